The van der Waals surface area contributed by atoms with E-state index in [1.165, 1.54) is 12.1 Å². The second-order valence-corrected chi connectivity index (χ2v) is 4.43. The van der Waals surface area contributed by atoms with Crippen LogP contribution in [0.4, 0.5) is 10.1 Å². The third-order valence-corrected chi connectivity index (χ3v) is 2.84. The number of aliphatic hydroxyl groups excluding tert-OH is 1. The molecule has 0 aromatic heterocycles. The Hall–Kier alpha value is -2.58. The van der Waals surface area contributed by atoms with Gasteiger partial charge in [0.1, 0.15) is 18.8 Å². The summed E-state index contributed by atoms with van der Waals surface area (Å²) in [7, 11) is 0. The summed E-state index contributed by atoms with van der Waals surface area (Å²) in [5.74, 6) is -0.360. The van der Waals surface area contributed by atoms with E-state index < -0.39 is 11.9 Å². The lowest BCUT2D eigenvalue weighted by Gasteiger charge is -2.14. The van der Waals surface area contributed by atoms with Gasteiger partial charge in [-0.1, -0.05) is 24.3 Å². The van der Waals surface area contributed by atoms with Crippen LogP contribution in [0, 0.1) is 17.1 Å². The van der Waals surface area contributed by atoms with Gasteiger partial charge in [0.15, 0.2) is 11.6 Å². The van der Waals surface area contributed by atoms with E-state index in [2.05, 4.69) is 11.4 Å². The Balaban J connectivity index is 1.84. The molecule has 2 rings (SSSR count). The van der Waals surface area contributed by atoms with Crippen LogP contribution in [-0.2, 0) is 0 Å². The van der Waals surface area contributed by atoms with Crippen molar-refractivity contribution in [2.45, 2.75) is 6.10 Å². The van der Waals surface area contributed by atoms with Gasteiger partial charge in [-0.2, -0.15) is 5.26 Å². The zero-order valence-electron chi connectivity index (χ0n) is 11.3. The maximum atomic E-state index is 13.3. The molecule has 0 saturated heterocycles. The lowest BCUT2D eigenvalue weighted by atomic mass is 10.2. The van der Waals surface area contributed by atoms with Crippen LogP contribution in [0.3, 0.4) is 0 Å². The number of anilines is 1. The molecule has 0 saturated carbocycles. The molecule has 0 heterocycles. The molecule has 0 fully saturated rings. The first-order chi connectivity index (χ1) is 10.2. The van der Waals surface area contributed by atoms with Crippen molar-refractivity contribution >= 4 is 5.69 Å². The molecule has 4 nitrogen and oxygen atoms in total. The molecule has 1 atom stereocenters. The van der Waals surface area contributed by atoms with Crippen molar-refractivity contribution in [2.75, 3.05) is 18.5 Å². The molecule has 0 aliphatic carbocycles. The summed E-state index contributed by atoms with van der Waals surface area (Å²) >= 11 is 0. The van der Waals surface area contributed by atoms with Crippen LogP contribution in [0.25, 0.3) is 0 Å². The average molecular weight is 286 g/mol. The molecule has 0 aliphatic heterocycles. The quantitative estimate of drug-likeness (QED) is 0.856. The van der Waals surface area contributed by atoms with Crippen LogP contribution in [0.1, 0.15) is 5.56 Å². The molecule has 2 aromatic rings. The molecular formula is C16H15FN2O2. The minimum atomic E-state index is -0.823. The summed E-state index contributed by atoms with van der Waals surface area (Å²) in [5.41, 5.74) is 1.14. The summed E-state index contributed by atoms with van der Waals surface area (Å²) in [5, 5.41) is 21.7. The highest BCUT2D eigenvalue weighted by Crippen LogP contribution is 2.16. The van der Waals surface area contributed by atoms with E-state index in [0.29, 0.717) is 11.3 Å². The van der Waals surface area contributed by atoms with E-state index in [-0.39, 0.29) is 18.9 Å². The molecule has 0 radical (unpaired) electrons. The van der Waals surface area contributed by atoms with E-state index in [1.807, 2.05) is 0 Å². The SMILES string of the molecule is N#Cc1ccccc1NCC(O)COc1ccccc1F. The predicted octanol–water partition coefficient (Wildman–Crippen LogP) is 2.55. The van der Waals surface area contributed by atoms with Gasteiger partial charge < -0.3 is 15.2 Å². The first kappa shape index (κ1) is 14.8. The lowest BCUT2D eigenvalue weighted by Crippen LogP contribution is -2.26. The van der Waals surface area contributed by atoms with E-state index >= 15 is 0 Å². The maximum Gasteiger partial charge on any atom is 0.165 e. The van der Waals surface area contributed by atoms with Gasteiger partial charge in [0, 0.05) is 6.54 Å². The zero-order chi connectivity index (χ0) is 15.1. The van der Waals surface area contributed by atoms with Gasteiger partial charge in [-0.3, -0.25) is 0 Å². The Morgan fingerprint density at radius 2 is 1.90 bits per heavy atom. The number of nitrogens with zero attached hydrogens (tertiary/aromatic N) is 1. The predicted molar refractivity (Wildman–Crippen MR) is 77.5 cm³/mol. The van der Waals surface area contributed by atoms with Crippen molar-refractivity contribution < 1.29 is 14.2 Å². The second-order valence-electron chi connectivity index (χ2n) is 4.43. The minimum absolute atomic E-state index is 0.0390. The fourth-order valence-corrected chi connectivity index (χ4v) is 1.77. The van der Waals surface area contributed by atoms with E-state index in [9.17, 15) is 9.50 Å². The zero-order valence-corrected chi connectivity index (χ0v) is 11.3. The summed E-state index contributed by atoms with van der Waals surface area (Å²) in [6.07, 6.45) is -0.823. The van der Waals surface area contributed by atoms with E-state index in [4.69, 9.17) is 10.00 Å². The Bertz CT molecular complexity index is 640. The third-order valence-electron chi connectivity index (χ3n) is 2.84. The highest BCUT2D eigenvalue weighted by atomic mass is 19.1. The molecule has 21 heavy (non-hydrogen) atoms. The Morgan fingerprint density at radius 1 is 1.19 bits per heavy atom. The summed E-state index contributed by atoms with van der Waals surface area (Å²) in [4.78, 5) is 0. The van der Waals surface area contributed by atoms with Crippen LogP contribution in [0.5, 0.6) is 5.75 Å². The number of hydrogen-bond acceptors (Lipinski definition) is 4. The minimum Gasteiger partial charge on any atom is -0.488 e. The Labute approximate surface area is 122 Å². The topological polar surface area (TPSA) is 65.3 Å². The van der Waals surface area contributed by atoms with Gasteiger partial charge in [0.05, 0.1) is 11.3 Å². The summed E-state index contributed by atoms with van der Waals surface area (Å²) in [6.45, 7) is 0.162. The molecule has 0 amide bonds. The highest BCUT2D eigenvalue weighted by Gasteiger charge is 2.09. The standard InChI is InChI=1S/C16H15FN2O2/c17-14-6-2-4-8-16(14)21-11-13(20)10-19-15-7-3-1-5-12(15)9-18/h1-8,13,19-20H,10-11H2. The van der Waals surface area contributed by atoms with Crippen LogP contribution >= 0.6 is 0 Å². The number of ether oxygens (including phenoxy) is 1. The van der Waals surface area contributed by atoms with Crippen LogP contribution in [0.15, 0.2) is 48.5 Å². The fourth-order valence-electron chi connectivity index (χ4n) is 1.77. The number of nitriles is 1. The molecule has 2 aromatic carbocycles. The Kier molecular flexibility index (Phi) is 5.13. The molecular weight excluding hydrogens is 271 g/mol. The van der Waals surface area contributed by atoms with Gasteiger partial charge in [-0.25, -0.2) is 4.39 Å². The van der Waals surface area contributed by atoms with Crippen molar-refractivity contribution in [3.63, 3.8) is 0 Å². The normalized spacial score (nSPS) is 11.5. The number of halogens is 1. The number of hydrogen-bond donors (Lipinski definition) is 2. The largest absolute Gasteiger partial charge is 0.488 e. The first-order valence-electron chi connectivity index (χ1n) is 6.49. The van der Waals surface area contributed by atoms with Crippen molar-refractivity contribution in [3.8, 4) is 11.8 Å². The summed E-state index contributed by atoms with van der Waals surface area (Å²) < 4.78 is 18.5. The van der Waals surface area contributed by atoms with Gasteiger partial charge in [0.25, 0.3) is 0 Å². The van der Waals surface area contributed by atoms with Gasteiger partial charge in [0.2, 0.25) is 0 Å². The number of benzene rings is 2. The molecule has 2 N–H and O–H groups in total. The molecule has 108 valence electrons. The van der Waals surface area contributed by atoms with Crippen molar-refractivity contribution in [3.05, 3.63) is 59.9 Å². The van der Waals surface area contributed by atoms with Crippen LogP contribution < -0.4 is 10.1 Å². The molecule has 1 unspecified atom stereocenters. The third kappa shape index (κ3) is 4.20. The first-order valence-corrected chi connectivity index (χ1v) is 6.49. The van der Waals surface area contributed by atoms with E-state index in [1.54, 1.807) is 36.4 Å². The van der Waals surface area contributed by atoms with Gasteiger partial charge in [-0.15, -0.1) is 0 Å². The second kappa shape index (κ2) is 7.27. The molecule has 5 heteroatoms. The number of nitrogens with one attached hydrogen (secondary N) is 1. The summed E-state index contributed by atoms with van der Waals surface area (Å²) in [6, 6.07) is 15.1. The fraction of sp³-hybridized carbons (Fsp3) is 0.188. The van der Waals surface area contributed by atoms with Crippen LogP contribution in [-0.4, -0.2) is 24.4 Å². The van der Waals surface area contributed by atoms with Crippen molar-refractivity contribution in [1.29, 1.82) is 5.26 Å². The lowest BCUT2D eigenvalue weighted by molar-refractivity contribution is 0.115. The van der Waals surface area contributed by atoms with Crippen molar-refractivity contribution in [2.24, 2.45) is 0 Å². The van der Waals surface area contributed by atoms with Crippen molar-refractivity contribution in [1.82, 2.24) is 0 Å². The van der Waals surface area contributed by atoms with E-state index in [0.717, 1.165) is 0 Å². The van der Waals surface area contributed by atoms with Crippen LogP contribution in [0.2, 0.25) is 0 Å². The number of para-hydroxylation sites is 2. The molecule has 0 spiro atoms. The van der Waals surface area contributed by atoms with Gasteiger partial charge in [-0.05, 0) is 24.3 Å². The molecule has 0 bridgehead atoms. The average Bonchev–Trinajstić information content (AvgIpc) is 2.52. The Morgan fingerprint density at radius 3 is 2.67 bits per heavy atom. The smallest absolute Gasteiger partial charge is 0.165 e. The number of aliphatic hydroxyl groups is 1. The monoisotopic (exact) mass is 286 g/mol. The number of rotatable bonds is 6. The maximum absolute atomic E-state index is 13.3. The highest BCUT2D eigenvalue weighted by molar-refractivity contribution is 5.57. The van der Waals surface area contributed by atoms with Gasteiger partial charge >= 0.3 is 0 Å². The molecule has 0 aliphatic rings.